The summed E-state index contributed by atoms with van der Waals surface area (Å²) >= 11 is 5.75. The summed E-state index contributed by atoms with van der Waals surface area (Å²) in [6.45, 7) is 1.65. The molecular weight excluding hydrogens is 268 g/mol. The van der Waals surface area contributed by atoms with Crippen molar-refractivity contribution in [2.24, 2.45) is 0 Å². The number of aromatic nitrogens is 2. The normalized spacial score (nSPS) is 10.8. The van der Waals surface area contributed by atoms with Gasteiger partial charge in [0.15, 0.2) is 12.4 Å². The van der Waals surface area contributed by atoms with E-state index in [4.69, 9.17) is 20.9 Å². The lowest BCUT2D eigenvalue weighted by molar-refractivity contribution is -0.139. The van der Waals surface area contributed by atoms with Crippen molar-refractivity contribution in [3.8, 4) is 0 Å². The van der Waals surface area contributed by atoms with E-state index in [0.717, 1.165) is 5.56 Å². The van der Waals surface area contributed by atoms with Crippen LogP contribution in [0.25, 0.3) is 6.08 Å². The van der Waals surface area contributed by atoms with Crippen LogP contribution in [0.1, 0.15) is 17.3 Å². The average Bonchev–Trinajstić information content (AvgIpc) is 2.81. The fourth-order valence-corrected chi connectivity index (χ4v) is 1.44. The Morgan fingerprint density at radius 1 is 1.42 bits per heavy atom. The van der Waals surface area contributed by atoms with Crippen LogP contribution >= 0.6 is 11.6 Å². The molecule has 0 aliphatic heterocycles. The van der Waals surface area contributed by atoms with Gasteiger partial charge < -0.3 is 9.26 Å². The minimum atomic E-state index is -0.481. The van der Waals surface area contributed by atoms with Crippen molar-refractivity contribution in [2.45, 2.75) is 13.5 Å². The van der Waals surface area contributed by atoms with Crippen molar-refractivity contribution in [1.82, 2.24) is 10.1 Å². The highest BCUT2D eigenvalue weighted by Crippen LogP contribution is 2.10. The molecule has 98 valence electrons. The first kappa shape index (κ1) is 13.3. The largest absolute Gasteiger partial charge is 0.452 e. The van der Waals surface area contributed by atoms with E-state index in [1.54, 1.807) is 37.3 Å². The van der Waals surface area contributed by atoms with E-state index in [1.165, 1.54) is 6.08 Å². The molecule has 0 saturated carbocycles. The number of halogens is 1. The molecule has 2 rings (SSSR count). The molecule has 0 aliphatic carbocycles. The van der Waals surface area contributed by atoms with E-state index in [0.29, 0.717) is 10.8 Å². The molecule has 0 spiro atoms. The van der Waals surface area contributed by atoms with E-state index in [9.17, 15) is 4.79 Å². The minimum absolute atomic E-state index is 0.0371. The van der Waals surface area contributed by atoms with Gasteiger partial charge in [-0.15, -0.1) is 0 Å². The van der Waals surface area contributed by atoms with Gasteiger partial charge in [0.2, 0.25) is 0 Å². The molecule has 19 heavy (non-hydrogen) atoms. The second-order valence-electron chi connectivity index (χ2n) is 3.73. The Kier molecular flexibility index (Phi) is 4.30. The van der Waals surface area contributed by atoms with Crippen molar-refractivity contribution < 1.29 is 14.1 Å². The second kappa shape index (κ2) is 6.15. The molecular formula is C13H11ClN2O3. The van der Waals surface area contributed by atoms with Crippen molar-refractivity contribution in [3.05, 3.63) is 52.6 Å². The lowest BCUT2D eigenvalue weighted by atomic mass is 10.2. The van der Waals surface area contributed by atoms with Crippen LogP contribution in [-0.4, -0.2) is 16.1 Å². The predicted molar refractivity (Wildman–Crippen MR) is 69.3 cm³/mol. The van der Waals surface area contributed by atoms with Crippen LogP contribution in [-0.2, 0) is 16.1 Å². The fourth-order valence-electron chi connectivity index (χ4n) is 1.32. The molecule has 0 radical (unpaired) electrons. The SMILES string of the molecule is Cc1noc(COC(=O)/C=C/c2ccc(Cl)cc2)n1. The zero-order valence-corrected chi connectivity index (χ0v) is 10.9. The Bertz CT molecular complexity index is 590. The number of aryl methyl sites for hydroxylation is 1. The Hall–Kier alpha value is -2.14. The number of esters is 1. The molecule has 0 saturated heterocycles. The molecule has 2 aromatic rings. The minimum Gasteiger partial charge on any atom is -0.452 e. The number of benzene rings is 1. The molecule has 0 atom stereocenters. The zero-order chi connectivity index (χ0) is 13.7. The van der Waals surface area contributed by atoms with Gasteiger partial charge in [-0.3, -0.25) is 0 Å². The van der Waals surface area contributed by atoms with E-state index < -0.39 is 5.97 Å². The lowest BCUT2D eigenvalue weighted by Gasteiger charge is -1.97. The summed E-state index contributed by atoms with van der Waals surface area (Å²) in [5.41, 5.74) is 0.856. The van der Waals surface area contributed by atoms with Crippen LogP contribution in [0, 0.1) is 6.92 Å². The van der Waals surface area contributed by atoms with Gasteiger partial charge in [0, 0.05) is 11.1 Å². The van der Waals surface area contributed by atoms with Gasteiger partial charge in [-0.05, 0) is 30.7 Å². The first-order valence-corrected chi connectivity index (χ1v) is 5.91. The Labute approximate surface area is 114 Å². The third-order valence-corrected chi connectivity index (χ3v) is 2.44. The first-order valence-electron chi connectivity index (χ1n) is 5.53. The molecule has 0 bridgehead atoms. The average molecular weight is 279 g/mol. The zero-order valence-electron chi connectivity index (χ0n) is 10.2. The number of carbonyl (C=O) groups excluding carboxylic acids is 1. The molecule has 5 nitrogen and oxygen atoms in total. The van der Waals surface area contributed by atoms with Crippen LogP contribution in [0.4, 0.5) is 0 Å². The van der Waals surface area contributed by atoms with Crippen molar-refractivity contribution >= 4 is 23.6 Å². The summed E-state index contributed by atoms with van der Waals surface area (Å²) in [5.74, 6) is 0.291. The second-order valence-corrected chi connectivity index (χ2v) is 4.16. The summed E-state index contributed by atoms with van der Waals surface area (Å²) in [6.07, 6.45) is 2.96. The highest BCUT2D eigenvalue weighted by atomic mass is 35.5. The van der Waals surface area contributed by atoms with E-state index in [2.05, 4.69) is 10.1 Å². The van der Waals surface area contributed by atoms with Crippen molar-refractivity contribution in [1.29, 1.82) is 0 Å². The standard InChI is InChI=1S/C13H11ClN2O3/c1-9-15-12(19-16-9)8-18-13(17)7-4-10-2-5-11(14)6-3-10/h2-7H,8H2,1H3/b7-4+. The predicted octanol–water partition coefficient (Wildman–Crippen LogP) is 2.79. The van der Waals surface area contributed by atoms with Gasteiger partial charge in [0.1, 0.15) is 0 Å². The highest BCUT2D eigenvalue weighted by molar-refractivity contribution is 6.30. The lowest BCUT2D eigenvalue weighted by Crippen LogP contribution is -2.00. The topological polar surface area (TPSA) is 65.2 Å². The number of rotatable bonds is 4. The number of carbonyl (C=O) groups is 1. The molecule has 6 heteroatoms. The first-order chi connectivity index (χ1) is 9.13. The van der Waals surface area contributed by atoms with Crippen LogP contribution in [0.5, 0.6) is 0 Å². The molecule has 0 N–H and O–H groups in total. The van der Waals surface area contributed by atoms with Crippen LogP contribution < -0.4 is 0 Å². The van der Waals surface area contributed by atoms with Crippen LogP contribution in [0.3, 0.4) is 0 Å². The molecule has 1 aromatic carbocycles. The van der Waals surface area contributed by atoms with Gasteiger partial charge in [-0.1, -0.05) is 28.9 Å². The smallest absolute Gasteiger partial charge is 0.331 e. The van der Waals surface area contributed by atoms with E-state index in [1.807, 2.05) is 0 Å². The highest BCUT2D eigenvalue weighted by Gasteiger charge is 2.05. The van der Waals surface area contributed by atoms with Gasteiger partial charge in [0.05, 0.1) is 0 Å². The summed E-state index contributed by atoms with van der Waals surface area (Å²) in [7, 11) is 0. The summed E-state index contributed by atoms with van der Waals surface area (Å²) < 4.78 is 9.75. The number of hydrogen-bond acceptors (Lipinski definition) is 5. The number of nitrogens with zero attached hydrogens (tertiary/aromatic N) is 2. The van der Waals surface area contributed by atoms with Crippen molar-refractivity contribution in [3.63, 3.8) is 0 Å². The maximum atomic E-state index is 11.4. The summed E-state index contributed by atoms with van der Waals surface area (Å²) in [6, 6.07) is 7.09. The molecule has 0 amide bonds. The van der Waals surface area contributed by atoms with E-state index >= 15 is 0 Å². The fraction of sp³-hybridized carbons (Fsp3) is 0.154. The Balaban J connectivity index is 1.85. The van der Waals surface area contributed by atoms with Crippen LogP contribution in [0.2, 0.25) is 5.02 Å². The third kappa shape index (κ3) is 4.22. The van der Waals surface area contributed by atoms with Gasteiger partial charge in [-0.2, -0.15) is 4.98 Å². The maximum Gasteiger partial charge on any atom is 0.331 e. The van der Waals surface area contributed by atoms with E-state index in [-0.39, 0.29) is 12.5 Å². The molecule has 0 aliphatic rings. The Morgan fingerprint density at radius 3 is 2.79 bits per heavy atom. The summed E-state index contributed by atoms with van der Waals surface area (Å²) in [4.78, 5) is 15.4. The van der Waals surface area contributed by atoms with Crippen LogP contribution in [0.15, 0.2) is 34.9 Å². The quantitative estimate of drug-likeness (QED) is 0.635. The van der Waals surface area contributed by atoms with Crippen molar-refractivity contribution in [2.75, 3.05) is 0 Å². The number of ether oxygens (including phenoxy) is 1. The molecule has 0 unspecified atom stereocenters. The molecule has 1 heterocycles. The molecule has 0 fully saturated rings. The molecule has 1 aromatic heterocycles. The maximum absolute atomic E-state index is 11.4. The Morgan fingerprint density at radius 2 is 2.16 bits per heavy atom. The monoisotopic (exact) mass is 278 g/mol. The van der Waals surface area contributed by atoms with Gasteiger partial charge in [0.25, 0.3) is 5.89 Å². The van der Waals surface area contributed by atoms with Gasteiger partial charge in [-0.25, -0.2) is 4.79 Å². The summed E-state index contributed by atoms with van der Waals surface area (Å²) in [5, 5.41) is 4.23. The third-order valence-electron chi connectivity index (χ3n) is 2.19. The van der Waals surface area contributed by atoms with Gasteiger partial charge >= 0.3 is 5.97 Å². The number of hydrogen-bond donors (Lipinski definition) is 0.